The van der Waals surface area contributed by atoms with Gasteiger partial charge in [0.05, 0.1) is 0 Å². The second-order valence-electron chi connectivity index (χ2n) is 3.56. The van der Waals surface area contributed by atoms with Gasteiger partial charge in [-0.3, -0.25) is 9.78 Å². The largest absolute Gasteiger partial charge is 0.519 e. The molecule has 0 N–H and O–H groups in total. The SMILES string of the molecule is O=C1Oc2ccc(cc2)OOc2ccc(cc2)O1. The molecule has 0 radical (unpaired) electrons. The third-order valence-electron chi connectivity index (χ3n) is 2.28. The van der Waals surface area contributed by atoms with Gasteiger partial charge in [0.15, 0.2) is 11.5 Å². The van der Waals surface area contributed by atoms with Gasteiger partial charge < -0.3 is 9.47 Å². The van der Waals surface area contributed by atoms with Crippen LogP contribution < -0.4 is 19.2 Å². The Bertz CT molecular complexity index is 507. The smallest absolute Gasteiger partial charge is 0.395 e. The van der Waals surface area contributed by atoms with Crippen molar-refractivity contribution in [3.63, 3.8) is 0 Å². The summed E-state index contributed by atoms with van der Waals surface area (Å²) >= 11 is 0. The fourth-order valence-electron chi connectivity index (χ4n) is 1.44. The van der Waals surface area contributed by atoms with E-state index in [1.807, 2.05) is 0 Å². The lowest BCUT2D eigenvalue weighted by Crippen LogP contribution is -2.13. The fraction of sp³-hybridized carbons (Fsp3) is 0. The summed E-state index contributed by atoms with van der Waals surface area (Å²) in [6, 6.07) is 12.8. The maximum Gasteiger partial charge on any atom is 0.519 e. The van der Waals surface area contributed by atoms with Crippen molar-refractivity contribution in [3.8, 4) is 23.0 Å². The summed E-state index contributed by atoms with van der Waals surface area (Å²) in [6.45, 7) is 0. The number of ether oxygens (including phenoxy) is 2. The van der Waals surface area contributed by atoms with E-state index < -0.39 is 6.16 Å². The summed E-state index contributed by atoms with van der Waals surface area (Å²) in [5.41, 5.74) is 0. The molecule has 0 unspecified atom stereocenters. The van der Waals surface area contributed by atoms with Crippen molar-refractivity contribution in [1.29, 1.82) is 0 Å². The molecule has 5 nitrogen and oxygen atoms in total. The molecule has 0 saturated heterocycles. The Balaban J connectivity index is 1.97. The van der Waals surface area contributed by atoms with E-state index in [9.17, 15) is 4.79 Å². The predicted molar refractivity (Wildman–Crippen MR) is 60.8 cm³/mol. The number of benzene rings is 2. The zero-order valence-electron chi connectivity index (χ0n) is 9.16. The van der Waals surface area contributed by atoms with Crippen LogP contribution in [0.1, 0.15) is 0 Å². The summed E-state index contributed by atoms with van der Waals surface area (Å²) < 4.78 is 9.95. The maximum atomic E-state index is 11.5. The van der Waals surface area contributed by atoms with Crippen LogP contribution in [0.2, 0.25) is 0 Å². The molecule has 0 fully saturated rings. The van der Waals surface area contributed by atoms with Crippen LogP contribution in [-0.4, -0.2) is 6.16 Å². The van der Waals surface area contributed by atoms with Crippen LogP contribution in [-0.2, 0) is 0 Å². The minimum Gasteiger partial charge on any atom is -0.395 e. The minimum atomic E-state index is -0.795. The summed E-state index contributed by atoms with van der Waals surface area (Å²) in [5.74, 6) is 1.72. The van der Waals surface area contributed by atoms with Crippen LogP contribution in [0.15, 0.2) is 48.5 Å². The number of carbonyl (C=O) groups is 1. The summed E-state index contributed by atoms with van der Waals surface area (Å²) in [5, 5.41) is 0. The molecule has 90 valence electrons. The Morgan fingerprint density at radius 1 is 0.556 bits per heavy atom. The van der Waals surface area contributed by atoms with Gasteiger partial charge in [-0.15, -0.1) is 0 Å². The Labute approximate surface area is 102 Å². The van der Waals surface area contributed by atoms with Crippen molar-refractivity contribution < 1.29 is 24.0 Å². The summed E-state index contributed by atoms with van der Waals surface area (Å²) in [4.78, 5) is 21.7. The molecular formula is C13H8O5. The molecule has 6 rings (SSSR count). The quantitative estimate of drug-likeness (QED) is 0.405. The van der Waals surface area contributed by atoms with Gasteiger partial charge in [0.2, 0.25) is 0 Å². The fourth-order valence-corrected chi connectivity index (χ4v) is 1.44. The minimum absolute atomic E-state index is 0.363. The first kappa shape index (κ1) is 10.5. The summed E-state index contributed by atoms with van der Waals surface area (Å²) in [6.07, 6.45) is -0.795. The van der Waals surface area contributed by atoms with E-state index in [2.05, 4.69) is 0 Å². The van der Waals surface area contributed by atoms with Crippen LogP contribution >= 0.6 is 0 Å². The lowest BCUT2D eigenvalue weighted by atomic mass is 10.3. The molecule has 4 aliphatic rings. The molecule has 0 atom stereocenters. The monoisotopic (exact) mass is 244 g/mol. The molecule has 5 heteroatoms. The van der Waals surface area contributed by atoms with Gasteiger partial charge in [0, 0.05) is 0 Å². The van der Waals surface area contributed by atoms with E-state index in [4.69, 9.17) is 19.2 Å². The van der Waals surface area contributed by atoms with E-state index in [-0.39, 0.29) is 0 Å². The summed E-state index contributed by atoms with van der Waals surface area (Å²) in [7, 11) is 0. The van der Waals surface area contributed by atoms with Gasteiger partial charge in [-0.2, -0.15) is 0 Å². The molecule has 4 aliphatic heterocycles. The van der Waals surface area contributed by atoms with E-state index >= 15 is 0 Å². The Hall–Kier alpha value is -2.69. The first-order chi connectivity index (χ1) is 8.79. The highest BCUT2D eigenvalue weighted by Gasteiger charge is 2.10. The lowest BCUT2D eigenvalue weighted by molar-refractivity contribution is -0.0999. The standard InChI is InChI=1S/C13H8O5/c14-13-15-9-1-5-11(6-2-9)17-18-12-7-3-10(16-13)4-8-12/h1-8H. The van der Waals surface area contributed by atoms with E-state index in [1.165, 1.54) is 0 Å². The van der Waals surface area contributed by atoms with Crippen LogP contribution in [0, 0.1) is 0 Å². The van der Waals surface area contributed by atoms with Gasteiger partial charge in [-0.05, 0) is 48.5 Å². The lowest BCUT2D eigenvalue weighted by Gasteiger charge is -2.05. The topological polar surface area (TPSA) is 54.0 Å². The van der Waals surface area contributed by atoms with E-state index in [0.29, 0.717) is 23.0 Å². The molecule has 0 amide bonds. The average Bonchev–Trinajstić information content (AvgIpc) is 2.42. The first-order valence-electron chi connectivity index (χ1n) is 5.24. The average molecular weight is 244 g/mol. The predicted octanol–water partition coefficient (Wildman–Crippen LogP) is 2.95. The van der Waals surface area contributed by atoms with Crippen molar-refractivity contribution in [1.82, 2.24) is 0 Å². The van der Waals surface area contributed by atoms with Gasteiger partial charge in [-0.1, -0.05) is 0 Å². The molecule has 0 aromatic heterocycles. The van der Waals surface area contributed by atoms with Crippen molar-refractivity contribution in [2.45, 2.75) is 0 Å². The Kier molecular flexibility index (Phi) is 2.49. The molecular weight excluding hydrogens is 236 g/mol. The third kappa shape index (κ3) is 2.20. The van der Waals surface area contributed by atoms with E-state index in [0.717, 1.165) is 0 Å². The Morgan fingerprint density at radius 2 is 0.889 bits per heavy atom. The van der Waals surface area contributed by atoms with Crippen molar-refractivity contribution >= 4 is 6.16 Å². The molecule has 18 heavy (non-hydrogen) atoms. The highest BCUT2D eigenvalue weighted by atomic mass is 17.2. The molecule has 2 aromatic carbocycles. The van der Waals surface area contributed by atoms with Gasteiger partial charge in [0.1, 0.15) is 11.5 Å². The molecule has 0 spiro atoms. The molecule has 0 aliphatic carbocycles. The van der Waals surface area contributed by atoms with Gasteiger partial charge >= 0.3 is 6.16 Å². The zero-order valence-corrected chi connectivity index (χ0v) is 9.16. The van der Waals surface area contributed by atoms with E-state index in [1.54, 1.807) is 48.5 Å². The third-order valence-corrected chi connectivity index (χ3v) is 2.28. The number of carbonyl (C=O) groups excluding carboxylic acids is 1. The Morgan fingerprint density at radius 3 is 1.28 bits per heavy atom. The van der Waals surface area contributed by atoms with Crippen molar-refractivity contribution in [2.75, 3.05) is 0 Å². The normalized spacial score (nSPS) is 13.2. The number of hydrogen-bond donors (Lipinski definition) is 0. The number of rotatable bonds is 0. The van der Waals surface area contributed by atoms with Gasteiger partial charge in [0.25, 0.3) is 0 Å². The maximum absolute atomic E-state index is 11.5. The molecule has 2 aromatic rings. The first-order valence-corrected chi connectivity index (χ1v) is 5.24. The van der Waals surface area contributed by atoms with Crippen LogP contribution in [0.4, 0.5) is 4.79 Å². The second kappa shape index (κ2) is 4.29. The van der Waals surface area contributed by atoms with Crippen LogP contribution in [0.3, 0.4) is 0 Å². The highest BCUT2D eigenvalue weighted by molar-refractivity contribution is 5.67. The van der Waals surface area contributed by atoms with Crippen molar-refractivity contribution in [2.24, 2.45) is 0 Å². The molecule has 4 heterocycles. The zero-order chi connectivity index (χ0) is 12.4. The number of hydrogen-bond acceptors (Lipinski definition) is 5. The van der Waals surface area contributed by atoms with Crippen molar-refractivity contribution in [3.05, 3.63) is 48.5 Å². The second-order valence-corrected chi connectivity index (χ2v) is 3.56. The van der Waals surface area contributed by atoms with Crippen LogP contribution in [0.25, 0.3) is 0 Å². The molecule has 0 saturated carbocycles. The van der Waals surface area contributed by atoms with Crippen LogP contribution in [0.5, 0.6) is 23.0 Å². The molecule has 4 bridgehead atoms. The highest BCUT2D eigenvalue weighted by Crippen LogP contribution is 2.23. The van der Waals surface area contributed by atoms with Gasteiger partial charge in [-0.25, -0.2) is 4.79 Å².